The summed E-state index contributed by atoms with van der Waals surface area (Å²) in [5.74, 6) is -0.282. The van der Waals surface area contributed by atoms with Gasteiger partial charge in [0.15, 0.2) is 0 Å². The van der Waals surface area contributed by atoms with Gasteiger partial charge in [0, 0.05) is 12.8 Å². The molecule has 2 N–H and O–H groups in total. The van der Waals surface area contributed by atoms with Crippen molar-refractivity contribution < 1.29 is 14.3 Å². The highest BCUT2D eigenvalue weighted by Gasteiger charge is 2.40. The van der Waals surface area contributed by atoms with Crippen LogP contribution in [0.4, 0.5) is 5.69 Å². The molecule has 1 spiro atoms. The Balaban J connectivity index is 1.63. The number of carbonyl (C=O) groups is 1. The van der Waals surface area contributed by atoms with Gasteiger partial charge in [-0.25, -0.2) is 4.79 Å². The van der Waals surface area contributed by atoms with E-state index in [-0.39, 0.29) is 17.7 Å². The van der Waals surface area contributed by atoms with Gasteiger partial charge < -0.3 is 15.2 Å². The van der Waals surface area contributed by atoms with Crippen molar-refractivity contribution in [3.8, 4) is 0 Å². The number of hydrogen-bond donors (Lipinski definition) is 1. The summed E-state index contributed by atoms with van der Waals surface area (Å²) in [6.07, 6.45) is 7.53. The molecular formula is C15H21NO3S. The van der Waals surface area contributed by atoms with E-state index in [4.69, 9.17) is 15.2 Å². The third kappa shape index (κ3) is 2.83. The zero-order chi connectivity index (χ0) is 14.0. The van der Waals surface area contributed by atoms with Crippen LogP contribution in [0, 0.1) is 0 Å². The minimum Gasteiger partial charge on any atom is -0.458 e. The van der Waals surface area contributed by atoms with Crippen LogP contribution in [0.25, 0.3) is 0 Å². The lowest BCUT2D eigenvalue weighted by Crippen LogP contribution is -2.44. The molecule has 20 heavy (non-hydrogen) atoms. The number of nitrogens with two attached hydrogens (primary N) is 1. The Morgan fingerprint density at radius 1 is 1.40 bits per heavy atom. The van der Waals surface area contributed by atoms with E-state index in [2.05, 4.69) is 0 Å². The molecule has 1 unspecified atom stereocenters. The van der Waals surface area contributed by atoms with E-state index in [0.717, 1.165) is 25.7 Å². The van der Waals surface area contributed by atoms with Crippen LogP contribution in [0.15, 0.2) is 11.4 Å². The van der Waals surface area contributed by atoms with E-state index in [1.165, 1.54) is 30.6 Å². The molecule has 1 aromatic heterocycles. The predicted molar refractivity (Wildman–Crippen MR) is 78.9 cm³/mol. The fourth-order valence-corrected chi connectivity index (χ4v) is 4.02. The van der Waals surface area contributed by atoms with Crippen LogP contribution in [0.5, 0.6) is 0 Å². The Morgan fingerprint density at radius 2 is 2.20 bits per heavy atom. The second-order valence-electron chi connectivity index (χ2n) is 5.82. The zero-order valence-electron chi connectivity index (χ0n) is 11.6. The Morgan fingerprint density at radius 3 is 2.90 bits per heavy atom. The highest BCUT2D eigenvalue weighted by Crippen LogP contribution is 2.39. The van der Waals surface area contributed by atoms with E-state index in [9.17, 15) is 4.79 Å². The van der Waals surface area contributed by atoms with Gasteiger partial charge in [-0.2, -0.15) is 0 Å². The lowest BCUT2D eigenvalue weighted by atomic mass is 9.79. The van der Waals surface area contributed by atoms with Gasteiger partial charge >= 0.3 is 5.97 Å². The Labute approximate surface area is 123 Å². The summed E-state index contributed by atoms with van der Waals surface area (Å²) in [4.78, 5) is 12.7. The van der Waals surface area contributed by atoms with Crippen LogP contribution in [-0.2, 0) is 9.47 Å². The summed E-state index contributed by atoms with van der Waals surface area (Å²) >= 11 is 1.34. The molecule has 1 atom stereocenters. The smallest absolute Gasteiger partial charge is 0.350 e. The molecule has 110 valence electrons. The van der Waals surface area contributed by atoms with Crippen molar-refractivity contribution in [2.75, 3.05) is 12.3 Å². The molecule has 4 nitrogen and oxygen atoms in total. The molecule has 0 aromatic carbocycles. The molecule has 1 saturated carbocycles. The number of nitrogen functional groups attached to an aromatic ring is 1. The van der Waals surface area contributed by atoms with E-state index < -0.39 is 0 Å². The third-order valence-corrected chi connectivity index (χ3v) is 5.28. The quantitative estimate of drug-likeness (QED) is 0.850. The highest BCUT2D eigenvalue weighted by atomic mass is 32.1. The van der Waals surface area contributed by atoms with Crippen LogP contribution < -0.4 is 5.73 Å². The number of anilines is 1. The van der Waals surface area contributed by atoms with Crippen molar-refractivity contribution in [2.45, 2.75) is 56.7 Å². The second-order valence-corrected chi connectivity index (χ2v) is 6.73. The van der Waals surface area contributed by atoms with E-state index >= 15 is 0 Å². The Hall–Kier alpha value is -1.07. The molecule has 1 aliphatic heterocycles. The number of carbonyl (C=O) groups excluding carboxylic acids is 1. The monoisotopic (exact) mass is 295 g/mol. The molecule has 0 bridgehead atoms. The molecule has 2 aliphatic rings. The molecular weight excluding hydrogens is 274 g/mol. The molecule has 5 heteroatoms. The van der Waals surface area contributed by atoms with Crippen molar-refractivity contribution in [1.29, 1.82) is 0 Å². The average Bonchev–Trinajstić information content (AvgIpc) is 2.86. The Kier molecular flexibility index (Phi) is 3.98. The normalized spacial score (nSPS) is 25.5. The SMILES string of the molecule is Nc1ccsc1C(=O)OC1CCOC2(CCCCC2)C1. The molecule has 1 aliphatic carbocycles. The van der Waals surface area contributed by atoms with Crippen LogP contribution in [0.2, 0.25) is 0 Å². The largest absolute Gasteiger partial charge is 0.458 e. The number of ether oxygens (including phenoxy) is 2. The maximum atomic E-state index is 12.1. The molecule has 2 heterocycles. The van der Waals surface area contributed by atoms with E-state index in [0.29, 0.717) is 17.2 Å². The topological polar surface area (TPSA) is 61.6 Å². The molecule has 2 fully saturated rings. The fraction of sp³-hybridized carbons (Fsp3) is 0.667. The van der Waals surface area contributed by atoms with Gasteiger partial charge in [-0.3, -0.25) is 0 Å². The van der Waals surface area contributed by atoms with Crippen molar-refractivity contribution in [2.24, 2.45) is 0 Å². The second kappa shape index (κ2) is 5.74. The van der Waals surface area contributed by atoms with Gasteiger partial charge in [-0.05, 0) is 24.3 Å². The summed E-state index contributed by atoms with van der Waals surface area (Å²) < 4.78 is 11.7. The van der Waals surface area contributed by atoms with Crippen LogP contribution in [0.3, 0.4) is 0 Å². The van der Waals surface area contributed by atoms with Gasteiger partial charge in [-0.15, -0.1) is 11.3 Å². The van der Waals surface area contributed by atoms with E-state index in [1.54, 1.807) is 6.07 Å². The first-order valence-corrected chi connectivity index (χ1v) is 8.24. The first kappa shape index (κ1) is 13.9. The summed E-state index contributed by atoms with van der Waals surface area (Å²) in [7, 11) is 0. The third-order valence-electron chi connectivity index (χ3n) is 4.37. The standard InChI is InChI=1S/C15H21NO3S/c16-12-5-9-20-13(12)14(17)19-11-4-8-18-15(10-11)6-2-1-3-7-15/h5,9,11H,1-4,6-8,10,16H2. The van der Waals surface area contributed by atoms with Crippen molar-refractivity contribution >= 4 is 23.0 Å². The average molecular weight is 295 g/mol. The van der Waals surface area contributed by atoms with Crippen molar-refractivity contribution in [1.82, 2.24) is 0 Å². The van der Waals surface area contributed by atoms with Crippen LogP contribution >= 0.6 is 11.3 Å². The van der Waals surface area contributed by atoms with Crippen molar-refractivity contribution in [3.05, 3.63) is 16.3 Å². The zero-order valence-corrected chi connectivity index (χ0v) is 12.4. The molecule has 1 aromatic rings. The van der Waals surface area contributed by atoms with Crippen LogP contribution in [0.1, 0.15) is 54.6 Å². The molecule has 3 rings (SSSR count). The maximum absolute atomic E-state index is 12.1. The van der Waals surface area contributed by atoms with Crippen LogP contribution in [-0.4, -0.2) is 24.3 Å². The summed E-state index contributed by atoms with van der Waals surface area (Å²) in [6.45, 7) is 0.692. The van der Waals surface area contributed by atoms with Gasteiger partial charge in [0.25, 0.3) is 0 Å². The van der Waals surface area contributed by atoms with Gasteiger partial charge in [0.2, 0.25) is 0 Å². The summed E-state index contributed by atoms with van der Waals surface area (Å²) in [6, 6.07) is 1.74. The predicted octanol–water partition coefficient (Wildman–Crippen LogP) is 3.37. The molecule has 0 radical (unpaired) electrons. The first-order valence-electron chi connectivity index (χ1n) is 7.36. The molecule has 0 amide bonds. The van der Waals surface area contributed by atoms with Gasteiger partial charge in [0.1, 0.15) is 11.0 Å². The number of thiophene rings is 1. The first-order chi connectivity index (χ1) is 9.69. The van der Waals surface area contributed by atoms with Crippen molar-refractivity contribution in [3.63, 3.8) is 0 Å². The lowest BCUT2D eigenvalue weighted by Gasteiger charge is -2.43. The van der Waals surface area contributed by atoms with E-state index in [1.807, 2.05) is 5.38 Å². The minimum atomic E-state index is -0.282. The number of esters is 1. The van der Waals surface area contributed by atoms with Gasteiger partial charge in [0.05, 0.1) is 17.9 Å². The van der Waals surface area contributed by atoms with Gasteiger partial charge in [-0.1, -0.05) is 19.3 Å². The lowest BCUT2D eigenvalue weighted by molar-refractivity contribution is -0.136. The Bertz CT molecular complexity index is 474. The maximum Gasteiger partial charge on any atom is 0.350 e. The minimum absolute atomic E-state index is 0.0316. The fourth-order valence-electron chi connectivity index (χ4n) is 3.32. The summed E-state index contributed by atoms with van der Waals surface area (Å²) in [5.41, 5.74) is 6.24. The molecule has 1 saturated heterocycles. The number of rotatable bonds is 2. The number of hydrogen-bond acceptors (Lipinski definition) is 5. The summed E-state index contributed by atoms with van der Waals surface area (Å²) in [5, 5.41) is 1.82. The highest BCUT2D eigenvalue weighted by molar-refractivity contribution is 7.12.